The topological polar surface area (TPSA) is 106 Å². The van der Waals surface area contributed by atoms with Gasteiger partial charge >= 0.3 is 5.76 Å². The first-order valence-corrected chi connectivity index (χ1v) is 9.04. The number of carbonyl (C=O) groups is 1. The first-order valence-electron chi connectivity index (χ1n) is 9.04. The van der Waals surface area contributed by atoms with Gasteiger partial charge in [-0.1, -0.05) is 0 Å². The molecule has 2 heterocycles. The van der Waals surface area contributed by atoms with Crippen LogP contribution in [0, 0.1) is 0 Å². The van der Waals surface area contributed by atoms with Crippen LogP contribution < -0.4 is 21.4 Å². The van der Waals surface area contributed by atoms with Gasteiger partial charge in [-0.25, -0.2) is 4.79 Å². The fraction of sp³-hybridized carbons (Fsp3) is 0.190. The zero-order chi connectivity index (χ0) is 20.5. The zero-order valence-corrected chi connectivity index (χ0v) is 15.9. The largest absolute Gasteiger partial charge is 0.497 e. The molecular formula is C21H19N3O5. The average molecular weight is 393 g/mol. The molecule has 0 radical (unpaired) electrons. The van der Waals surface area contributed by atoms with Gasteiger partial charge in [-0.05, 0) is 48.2 Å². The lowest BCUT2D eigenvalue weighted by Crippen LogP contribution is -2.17. The molecule has 0 saturated heterocycles. The number of H-pyrrole nitrogens is 1. The zero-order valence-electron chi connectivity index (χ0n) is 15.9. The van der Waals surface area contributed by atoms with E-state index in [2.05, 4.69) is 10.3 Å². The van der Waals surface area contributed by atoms with Gasteiger partial charge in [0, 0.05) is 30.8 Å². The van der Waals surface area contributed by atoms with Crippen molar-refractivity contribution in [3.63, 3.8) is 0 Å². The molecule has 2 aromatic heterocycles. The van der Waals surface area contributed by atoms with Crippen molar-refractivity contribution in [2.24, 2.45) is 7.05 Å². The number of aryl methyl sites for hydroxylation is 2. The second-order valence-electron chi connectivity index (χ2n) is 6.73. The number of pyridine rings is 1. The predicted octanol–water partition coefficient (Wildman–Crippen LogP) is 2.55. The Kier molecular flexibility index (Phi) is 4.67. The monoisotopic (exact) mass is 393 g/mol. The Morgan fingerprint density at radius 3 is 2.79 bits per heavy atom. The summed E-state index contributed by atoms with van der Waals surface area (Å²) in [4.78, 5) is 39.0. The Balaban J connectivity index is 1.48. The third kappa shape index (κ3) is 3.64. The van der Waals surface area contributed by atoms with E-state index in [0.29, 0.717) is 40.0 Å². The minimum Gasteiger partial charge on any atom is -0.497 e. The Morgan fingerprint density at radius 2 is 2.00 bits per heavy atom. The predicted molar refractivity (Wildman–Crippen MR) is 110 cm³/mol. The Bertz CT molecular complexity index is 1350. The standard InChI is InChI=1S/C21H19N3O5/c1-24-17-10-14(5-7-18(17)29-21(24)27)22-19(25)8-4-13-9-12-3-6-15(28-2)11-16(12)23-20(13)26/h3,5-7,9-11H,4,8H2,1-2H3,(H,22,25)(H,23,26). The summed E-state index contributed by atoms with van der Waals surface area (Å²) in [5.74, 6) is -0.0314. The molecule has 0 bridgehead atoms. The Morgan fingerprint density at radius 1 is 1.17 bits per heavy atom. The van der Waals surface area contributed by atoms with Gasteiger partial charge in [0.2, 0.25) is 5.91 Å². The number of methoxy groups -OCH3 is 1. The van der Waals surface area contributed by atoms with Crippen LogP contribution in [0.4, 0.5) is 5.69 Å². The van der Waals surface area contributed by atoms with Crippen LogP contribution in [-0.4, -0.2) is 22.6 Å². The van der Waals surface area contributed by atoms with Crippen molar-refractivity contribution in [3.05, 3.63) is 68.9 Å². The van der Waals surface area contributed by atoms with Crippen molar-refractivity contribution in [2.45, 2.75) is 12.8 Å². The molecule has 0 unspecified atom stereocenters. The van der Waals surface area contributed by atoms with Crippen molar-refractivity contribution in [2.75, 3.05) is 12.4 Å². The van der Waals surface area contributed by atoms with Crippen LogP contribution in [0.5, 0.6) is 5.75 Å². The molecule has 2 aromatic carbocycles. The molecule has 0 aliphatic heterocycles. The number of amides is 1. The summed E-state index contributed by atoms with van der Waals surface area (Å²) in [6, 6.07) is 12.2. The number of anilines is 1. The van der Waals surface area contributed by atoms with E-state index < -0.39 is 5.76 Å². The normalized spacial score (nSPS) is 11.1. The highest BCUT2D eigenvalue weighted by atomic mass is 16.5. The summed E-state index contributed by atoms with van der Waals surface area (Å²) in [6.07, 6.45) is 0.447. The van der Waals surface area contributed by atoms with Gasteiger partial charge in [-0.2, -0.15) is 0 Å². The summed E-state index contributed by atoms with van der Waals surface area (Å²) in [6.45, 7) is 0. The molecule has 1 amide bonds. The van der Waals surface area contributed by atoms with Gasteiger partial charge in [-0.3, -0.25) is 14.2 Å². The van der Waals surface area contributed by atoms with Crippen LogP contribution in [-0.2, 0) is 18.3 Å². The van der Waals surface area contributed by atoms with Crippen molar-refractivity contribution in [3.8, 4) is 5.75 Å². The molecule has 4 aromatic rings. The quantitative estimate of drug-likeness (QED) is 0.542. The molecule has 8 heteroatoms. The second kappa shape index (κ2) is 7.31. The number of nitrogens with zero attached hydrogens (tertiary/aromatic N) is 1. The molecule has 0 spiro atoms. The molecule has 0 aliphatic rings. The lowest BCUT2D eigenvalue weighted by Gasteiger charge is -2.07. The third-order valence-electron chi connectivity index (χ3n) is 4.83. The molecule has 0 atom stereocenters. The molecule has 148 valence electrons. The number of rotatable bonds is 5. The van der Waals surface area contributed by atoms with E-state index in [4.69, 9.17) is 9.15 Å². The molecule has 29 heavy (non-hydrogen) atoms. The van der Waals surface area contributed by atoms with Crippen LogP contribution in [0.2, 0.25) is 0 Å². The number of aromatic nitrogens is 2. The van der Waals surface area contributed by atoms with Crippen LogP contribution in [0.3, 0.4) is 0 Å². The van der Waals surface area contributed by atoms with E-state index in [1.165, 1.54) is 4.57 Å². The minimum atomic E-state index is -0.461. The summed E-state index contributed by atoms with van der Waals surface area (Å²) < 4.78 is 11.6. The molecule has 4 rings (SSSR count). The lowest BCUT2D eigenvalue weighted by molar-refractivity contribution is -0.116. The van der Waals surface area contributed by atoms with E-state index in [1.807, 2.05) is 12.1 Å². The van der Waals surface area contributed by atoms with Crippen molar-refractivity contribution >= 4 is 33.6 Å². The molecule has 0 fully saturated rings. The number of carbonyl (C=O) groups excluding carboxylic acids is 1. The first kappa shape index (κ1) is 18.5. The van der Waals surface area contributed by atoms with Gasteiger partial charge in [0.1, 0.15) is 5.75 Å². The minimum absolute atomic E-state index is 0.146. The van der Waals surface area contributed by atoms with Crippen LogP contribution in [0.1, 0.15) is 12.0 Å². The maximum atomic E-state index is 12.3. The van der Waals surface area contributed by atoms with Gasteiger partial charge in [-0.15, -0.1) is 0 Å². The van der Waals surface area contributed by atoms with Crippen molar-refractivity contribution in [1.29, 1.82) is 0 Å². The van der Waals surface area contributed by atoms with Gasteiger partial charge in [0.25, 0.3) is 5.56 Å². The number of ether oxygens (including phenoxy) is 1. The Hall–Kier alpha value is -3.81. The first-order chi connectivity index (χ1) is 13.9. The number of aromatic amines is 1. The number of oxazole rings is 1. The van der Waals surface area contributed by atoms with E-state index in [9.17, 15) is 14.4 Å². The average Bonchev–Trinajstić information content (AvgIpc) is 2.99. The van der Waals surface area contributed by atoms with Crippen LogP contribution >= 0.6 is 0 Å². The maximum Gasteiger partial charge on any atom is 0.419 e. The van der Waals surface area contributed by atoms with Gasteiger partial charge < -0.3 is 19.5 Å². The second-order valence-corrected chi connectivity index (χ2v) is 6.73. The van der Waals surface area contributed by atoms with Crippen molar-refractivity contribution < 1.29 is 13.9 Å². The third-order valence-corrected chi connectivity index (χ3v) is 4.83. The lowest BCUT2D eigenvalue weighted by atomic mass is 10.1. The van der Waals surface area contributed by atoms with Crippen LogP contribution in [0.15, 0.2) is 56.5 Å². The molecule has 0 saturated carbocycles. The highest BCUT2D eigenvalue weighted by Gasteiger charge is 2.10. The number of fused-ring (bicyclic) bond motifs is 2. The van der Waals surface area contributed by atoms with Gasteiger partial charge in [0.05, 0.1) is 18.1 Å². The van der Waals surface area contributed by atoms with Crippen LogP contribution in [0.25, 0.3) is 22.0 Å². The summed E-state index contributed by atoms with van der Waals surface area (Å²) in [5.41, 5.74) is 2.59. The fourth-order valence-electron chi connectivity index (χ4n) is 3.21. The summed E-state index contributed by atoms with van der Waals surface area (Å²) in [5, 5.41) is 3.66. The number of hydrogen-bond donors (Lipinski definition) is 2. The van der Waals surface area contributed by atoms with Gasteiger partial charge in [0.15, 0.2) is 5.58 Å². The smallest absolute Gasteiger partial charge is 0.419 e. The Labute approximate surface area is 164 Å². The van der Waals surface area contributed by atoms with E-state index in [0.717, 1.165) is 5.39 Å². The fourth-order valence-corrected chi connectivity index (χ4v) is 3.21. The molecule has 8 nitrogen and oxygen atoms in total. The number of benzene rings is 2. The number of hydrogen-bond acceptors (Lipinski definition) is 5. The number of nitrogens with one attached hydrogen (secondary N) is 2. The maximum absolute atomic E-state index is 12.3. The van der Waals surface area contributed by atoms with Crippen molar-refractivity contribution in [1.82, 2.24) is 9.55 Å². The van der Waals surface area contributed by atoms with E-state index in [1.54, 1.807) is 44.5 Å². The highest BCUT2D eigenvalue weighted by molar-refractivity contribution is 5.93. The van der Waals surface area contributed by atoms with E-state index >= 15 is 0 Å². The van der Waals surface area contributed by atoms with E-state index in [-0.39, 0.29) is 17.9 Å². The summed E-state index contributed by atoms with van der Waals surface area (Å²) >= 11 is 0. The highest BCUT2D eigenvalue weighted by Crippen LogP contribution is 2.20. The molecule has 0 aliphatic carbocycles. The molecular weight excluding hydrogens is 374 g/mol. The summed E-state index contributed by atoms with van der Waals surface area (Å²) in [7, 11) is 3.16. The SMILES string of the molecule is COc1ccc2cc(CCC(=O)Nc3ccc4oc(=O)n(C)c4c3)c(=O)[nH]c2c1. The molecule has 2 N–H and O–H groups in total.